The Bertz CT molecular complexity index is 2830. The van der Waals surface area contributed by atoms with Gasteiger partial charge in [0.15, 0.2) is 5.82 Å². The molecule has 0 saturated carbocycles. The molecule has 0 atom stereocenters. The predicted octanol–water partition coefficient (Wildman–Crippen LogP) is 12.6. The second-order valence-corrected chi connectivity index (χ2v) is 13.2. The molecule has 0 aliphatic rings. The second-order valence-electron chi connectivity index (χ2n) is 12.2. The Kier molecular flexibility index (Phi) is 6.05. The van der Waals surface area contributed by atoms with Crippen molar-refractivity contribution in [3.8, 4) is 44.9 Å². The van der Waals surface area contributed by atoms with Gasteiger partial charge in [-0.25, -0.2) is 9.97 Å². The minimum atomic E-state index is 0.700. The quantitative estimate of drug-likeness (QED) is 0.194. The maximum atomic E-state index is 6.55. The van der Waals surface area contributed by atoms with Crippen LogP contribution >= 0.6 is 11.3 Å². The van der Waals surface area contributed by atoms with E-state index >= 15 is 0 Å². The normalized spacial score (nSPS) is 11.8. The van der Waals surface area contributed by atoms with E-state index in [2.05, 4.69) is 140 Å². The summed E-state index contributed by atoms with van der Waals surface area (Å²) in [6.07, 6.45) is 0. The van der Waals surface area contributed by atoms with Crippen molar-refractivity contribution in [3.05, 3.63) is 158 Å². The lowest BCUT2D eigenvalue weighted by atomic mass is 9.97. The van der Waals surface area contributed by atoms with Gasteiger partial charge in [-0.15, -0.1) is 11.3 Å². The Morgan fingerprint density at radius 2 is 1.15 bits per heavy atom. The van der Waals surface area contributed by atoms with E-state index in [4.69, 9.17) is 14.4 Å². The fraction of sp³-hybridized carbons (Fsp3) is 0. The summed E-state index contributed by atoms with van der Waals surface area (Å²) < 4.78 is 8.86. The van der Waals surface area contributed by atoms with E-state index in [1.165, 1.54) is 26.6 Å². The van der Waals surface area contributed by atoms with Crippen LogP contribution in [0.2, 0.25) is 0 Å². The van der Waals surface area contributed by atoms with Gasteiger partial charge in [0.25, 0.3) is 0 Å². The lowest BCUT2D eigenvalue weighted by Crippen LogP contribution is -1.94. The van der Waals surface area contributed by atoms with Gasteiger partial charge in [0.1, 0.15) is 11.2 Å². The average Bonchev–Trinajstić information content (AvgIpc) is 3.73. The van der Waals surface area contributed by atoms with Crippen LogP contribution in [0, 0.1) is 0 Å². The monoisotopic (exact) mass is 630 g/mol. The molecule has 224 valence electrons. The topological polar surface area (TPSA) is 38.9 Å². The van der Waals surface area contributed by atoms with Gasteiger partial charge in [0, 0.05) is 32.0 Å². The van der Waals surface area contributed by atoms with Crippen LogP contribution in [0.4, 0.5) is 0 Å². The van der Waals surface area contributed by atoms with E-state index in [1.807, 2.05) is 18.2 Å². The molecule has 0 aliphatic heterocycles. The molecule has 3 aromatic heterocycles. The number of hydrogen-bond donors (Lipinski definition) is 0. The Labute approximate surface area is 280 Å². The van der Waals surface area contributed by atoms with E-state index < -0.39 is 0 Å². The lowest BCUT2D eigenvalue weighted by molar-refractivity contribution is 0.669. The highest BCUT2D eigenvalue weighted by molar-refractivity contribution is 7.26. The van der Waals surface area contributed by atoms with Gasteiger partial charge >= 0.3 is 0 Å². The van der Waals surface area contributed by atoms with E-state index in [0.717, 1.165) is 65.5 Å². The molecule has 10 rings (SSSR count). The summed E-state index contributed by atoms with van der Waals surface area (Å²) in [5, 5.41) is 5.67. The Hall–Kier alpha value is -6.10. The third-order valence-corrected chi connectivity index (χ3v) is 10.5. The maximum absolute atomic E-state index is 6.55. The summed E-state index contributed by atoms with van der Waals surface area (Å²) >= 11 is 1.75. The molecule has 0 unspecified atom stereocenters. The van der Waals surface area contributed by atoms with E-state index in [1.54, 1.807) is 11.3 Å². The van der Waals surface area contributed by atoms with Crippen molar-refractivity contribution in [2.75, 3.05) is 0 Å². The van der Waals surface area contributed by atoms with Crippen molar-refractivity contribution in [1.82, 2.24) is 9.97 Å². The van der Waals surface area contributed by atoms with Gasteiger partial charge in [-0.1, -0.05) is 121 Å². The van der Waals surface area contributed by atoms with Crippen LogP contribution in [0.5, 0.6) is 0 Å². The summed E-state index contributed by atoms with van der Waals surface area (Å²) in [5.74, 6) is 0.700. The molecule has 48 heavy (non-hydrogen) atoms. The zero-order chi connectivity index (χ0) is 31.6. The number of thiophene rings is 1. The van der Waals surface area contributed by atoms with Crippen LogP contribution in [-0.2, 0) is 0 Å². The number of rotatable bonds is 4. The minimum Gasteiger partial charge on any atom is -0.456 e. The van der Waals surface area contributed by atoms with Crippen molar-refractivity contribution in [3.63, 3.8) is 0 Å². The van der Waals surface area contributed by atoms with Gasteiger partial charge in [-0.2, -0.15) is 0 Å². The Morgan fingerprint density at radius 1 is 0.458 bits per heavy atom. The Morgan fingerprint density at radius 3 is 1.96 bits per heavy atom. The summed E-state index contributed by atoms with van der Waals surface area (Å²) in [6, 6.07) is 55.5. The van der Waals surface area contributed by atoms with Crippen molar-refractivity contribution in [2.24, 2.45) is 0 Å². The van der Waals surface area contributed by atoms with Crippen LogP contribution < -0.4 is 0 Å². The minimum absolute atomic E-state index is 0.700. The number of furan rings is 1. The first kappa shape index (κ1) is 27.1. The zero-order valence-electron chi connectivity index (χ0n) is 25.7. The fourth-order valence-corrected chi connectivity index (χ4v) is 8.08. The molecule has 0 N–H and O–H groups in total. The standard InChI is InChI=1S/C44H26N2OS/c1-3-10-27(11-4-1)30-20-18-28-19-21-31(25-33(28)24-30)32-22-23-34-38(26-32)47-37-16-9-15-36(40(34)37)44-45-41(29-12-5-2-6-13-29)43-42(46-44)35-14-7-8-17-39(35)48-43/h1-26H. The van der Waals surface area contributed by atoms with Gasteiger partial charge in [0.05, 0.1) is 15.9 Å². The molecule has 7 aromatic carbocycles. The summed E-state index contributed by atoms with van der Waals surface area (Å²) in [7, 11) is 0. The average molecular weight is 631 g/mol. The first-order valence-corrected chi connectivity index (χ1v) is 16.9. The smallest absolute Gasteiger partial charge is 0.161 e. The summed E-state index contributed by atoms with van der Waals surface area (Å²) in [6.45, 7) is 0. The van der Waals surface area contributed by atoms with E-state index in [9.17, 15) is 0 Å². The van der Waals surface area contributed by atoms with Crippen LogP contribution in [0.25, 0.3) is 97.9 Å². The molecule has 0 aliphatic carbocycles. The van der Waals surface area contributed by atoms with Gasteiger partial charge < -0.3 is 4.42 Å². The van der Waals surface area contributed by atoms with Gasteiger partial charge in [0.2, 0.25) is 0 Å². The van der Waals surface area contributed by atoms with E-state index in [-0.39, 0.29) is 0 Å². The number of fused-ring (bicyclic) bond motifs is 7. The van der Waals surface area contributed by atoms with Crippen molar-refractivity contribution >= 4 is 64.4 Å². The highest BCUT2D eigenvalue weighted by Gasteiger charge is 2.20. The molecule has 10 aromatic rings. The van der Waals surface area contributed by atoms with Crippen molar-refractivity contribution in [1.29, 1.82) is 0 Å². The molecule has 0 amide bonds. The second kappa shape index (κ2) is 10.7. The van der Waals surface area contributed by atoms with Crippen LogP contribution in [0.15, 0.2) is 162 Å². The first-order valence-electron chi connectivity index (χ1n) is 16.1. The van der Waals surface area contributed by atoms with Gasteiger partial charge in [-0.3, -0.25) is 0 Å². The fourth-order valence-electron chi connectivity index (χ4n) is 6.93. The third-order valence-electron chi connectivity index (χ3n) is 9.29. The van der Waals surface area contributed by atoms with Crippen molar-refractivity contribution in [2.45, 2.75) is 0 Å². The predicted molar refractivity (Wildman–Crippen MR) is 201 cm³/mol. The highest BCUT2D eigenvalue weighted by atomic mass is 32.1. The number of hydrogen-bond acceptors (Lipinski definition) is 4. The third kappa shape index (κ3) is 4.34. The largest absolute Gasteiger partial charge is 0.456 e. The molecule has 0 saturated heterocycles. The molecule has 4 heteroatoms. The van der Waals surface area contributed by atoms with Crippen LogP contribution in [0.3, 0.4) is 0 Å². The molecular weight excluding hydrogens is 605 g/mol. The molecule has 0 radical (unpaired) electrons. The zero-order valence-corrected chi connectivity index (χ0v) is 26.5. The lowest BCUT2D eigenvalue weighted by Gasteiger charge is -2.08. The molecule has 0 bridgehead atoms. The SMILES string of the molecule is c1ccc(-c2ccc3ccc(-c4ccc5c(c4)oc4cccc(-c6nc(-c7ccccc7)c7sc8ccccc8c7n6)c45)cc3c2)cc1. The van der Waals surface area contributed by atoms with Gasteiger partial charge in [-0.05, 0) is 69.4 Å². The molecule has 3 heterocycles. The number of aromatic nitrogens is 2. The molecule has 0 fully saturated rings. The number of benzene rings is 7. The first-order chi connectivity index (χ1) is 23.8. The van der Waals surface area contributed by atoms with Crippen LogP contribution in [0.1, 0.15) is 0 Å². The van der Waals surface area contributed by atoms with E-state index in [0.29, 0.717) is 5.82 Å². The molecule has 3 nitrogen and oxygen atoms in total. The summed E-state index contributed by atoms with van der Waals surface area (Å²) in [5.41, 5.74) is 10.4. The summed E-state index contributed by atoms with van der Waals surface area (Å²) in [4.78, 5) is 10.5. The molecular formula is C44H26N2OS. The number of nitrogens with zero attached hydrogens (tertiary/aromatic N) is 2. The highest BCUT2D eigenvalue weighted by Crippen LogP contribution is 2.42. The Balaban J connectivity index is 1.13. The van der Waals surface area contributed by atoms with Crippen LogP contribution in [-0.4, -0.2) is 9.97 Å². The van der Waals surface area contributed by atoms with Crippen molar-refractivity contribution < 1.29 is 4.42 Å². The maximum Gasteiger partial charge on any atom is 0.161 e. The molecule has 0 spiro atoms.